The Hall–Kier alpha value is -14.3. The molecule has 0 saturated carbocycles. The second kappa shape index (κ2) is 27.2. The first kappa shape index (κ1) is 62.6. The molecule has 0 aliphatic carbocycles. The number of pyridine rings is 2. The third-order valence-electron chi connectivity index (χ3n) is 20.0. The predicted octanol–water partition coefficient (Wildman–Crippen LogP) is 24.9. The van der Waals surface area contributed by atoms with Gasteiger partial charge in [0.15, 0.2) is 11.6 Å². The van der Waals surface area contributed by atoms with Crippen LogP contribution in [0.25, 0.3) is 189 Å². The lowest BCUT2D eigenvalue weighted by molar-refractivity contribution is 1.17. The van der Waals surface area contributed by atoms with Gasteiger partial charge < -0.3 is 9.13 Å². The van der Waals surface area contributed by atoms with Gasteiger partial charge in [-0.15, -0.1) is 0 Å². The predicted molar refractivity (Wildman–Crippen MR) is 438 cm³/mol. The molecule has 0 aliphatic rings. The average molecular weight is 1350 g/mol. The van der Waals surface area contributed by atoms with Crippen molar-refractivity contribution >= 4 is 65.4 Å². The van der Waals surface area contributed by atoms with Gasteiger partial charge in [-0.1, -0.05) is 315 Å². The number of fused-ring (bicyclic) bond motifs is 10. The molecule has 14 aromatic carbocycles. The minimum atomic E-state index is 0.684. The molecular formula is C98H64N8. The normalized spacial score (nSPS) is 11.4. The minimum Gasteiger partial charge on any atom is -0.308 e. The summed E-state index contributed by atoms with van der Waals surface area (Å²) in [6, 6.07) is 136. The van der Waals surface area contributed by atoms with Crippen LogP contribution in [-0.2, 0) is 0 Å². The standard InChI is InChI=1S/2C49H32N4/c1-4-14-33(15-5-1)34-24-26-35(27-25-34)43-32-44(52-49(51-43)38-18-8-3-9-19-38)36-28-30-39(31-29-36)53-45-23-13-11-21-41(45)46-47(37-16-6-2-7-17-37)50-42-22-12-10-20-40(42)48(46)53;1-4-14-33(15-5-1)34-24-26-36(27-25-34)44-32-43(35-16-6-2-7-17-35)51-49(52-44)38-28-30-39(31-29-38)53-45-23-13-11-21-41(45)46-47(37-18-8-3-9-19-37)50-42-22-12-10-20-40(42)48(46)53/h2*1-32H. The third-order valence-corrected chi connectivity index (χ3v) is 20.0. The van der Waals surface area contributed by atoms with E-state index in [4.69, 9.17) is 29.9 Å². The molecule has 20 rings (SSSR count). The molecule has 0 aliphatic heterocycles. The van der Waals surface area contributed by atoms with Gasteiger partial charge in [0.05, 0.1) is 67.3 Å². The van der Waals surface area contributed by atoms with Crippen LogP contribution in [0.2, 0.25) is 0 Å². The van der Waals surface area contributed by atoms with Gasteiger partial charge >= 0.3 is 0 Å². The van der Waals surface area contributed by atoms with Crippen molar-refractivity contribution in [2.45, 2.75) is 0 Å². The van der Waals surface area contributed by atoms with Gasteiger partial charge in [-0.2, -0.15) is 0 Å². The van der Waals surface area contributed by atoms with Crippen LogP contribution in [0.3, 0.4) is 0 Å². The summed E-state index contributed by atoms with van der Waals surface area (Å²) < 4.78 is 4.77. The zero-order valence-corrected chi connectivity index (χ0v) is 57.5. The largest absolute Gasteiger partial charge is 0.308 e. The highest BCUT2D eigenvalue weighted by atomic mass is 15.0. The summed E-state index contributed by atoms with van der Waals surface area (Å²) in [6.45, 7) is 0. The Kier molecular flexibility index (Phi) is 16.1. The molecule has 0 atom stereocenters. The van der Waals surface area contributed by atoms with Crippen molar-refractivity contribution in [3.8, 4) is 124 Å². The highest BCUT2D eigenvalue weighted by Crippen LogP contribution is 2.44. The van der Waals surface area contributed by atoms with Gasteiger partial charge in [0.2, 0.25) is 0 Å². The van der Waals surface area contributed by atoms with Gasteiger partial charge in [0.25, 0.3) is 0 Å². The van der Waals surface area contributed by atoms with Crippen molar-refractivity contribution in [1.29, 1.82) is 0 Å². The first-order valence-electron chi connectivity index (χ1n) is 35.7. The van der Waals surface area contributed by atoms with Gasteiger partial charge in [0.1, 0.15) is 0 Å². The Bertz CT molecular complexity index is 6200. The molecule has 0 radical (unpaired) electrons. The summed E-state index contributed by atoms with van der Waals surface area (Å²) in [5.74, 6) is 1.38. The molecule has 0 bridgehead atoms. The van der Waals surface area contributed by atoms with E-state index in [0.29, 0.717) is 11.6 Å². The zero-order valence-electron chi connectivity index (χ0n) is 57.5. The lowest BCUT2D eigenvalue weighted by Crippen LogP contribution is -1.98. The molecule has 0 fully saturated rings. The molecule has 496 valence electrons. The molecule has 6 heterocycles. The third kappa shape index (κ3) is 11.7. The maximum absolute atomic E-state index is 5.24. The van der Waals surface area contributed by atoms with Crippen molar-refractivity contribution in [3.63, 3.8) is 0 Å². The van der Waals surface area contributed by atoms with E-state index in [9.17, 15) is 0 Å². The van der Waals surface area contributed by atoms with E-state index in [0.717, 1.165) is 145 Å². The van der Waals surface area contributed by atoms with Crippen LogP contribution >= 0.6 is 0 Å². The molecule has 106 heavy (non-hydrogen) atoms. The smallest absolute Gasteiger partial charge is 0.160 e. The molecule has 0 saturated heterocycles. The Morgan fingerprint density at radius 1 is 0.179 bits per heavy atom. The van der Waals surface area contributed by atoms with Crippen LogP contribution in [0.15, 0.2) is 388 Å². The molecule has 0 spiro atoms. The topological polar surface area (TPSA) is 87.2 Å². The zero-order chi connectivity index (χ0) is 70.3. The van der Waals surface area contributed by atoms with Gasteiger partial charge in [-0.25, -0.2) is 29.9 Å². The van der Waals surface area contributed by atoms with Crippen molar-refractivity contribution < 1.29 is 0 Å². The molecular weight excluding hydrogens is 1290 g/mol. The fraction of sp³-hybridized carbons (Fsp3) is 0. The number of aromatic nitrogens is 8. The number of benzene rings is 14. The monoisotopic (exact) mass is 1350 g/mol. The van der Waals surface area contributed by atoms with E-state index in [1.165, 1.54) is 33.0 Å². The van der Waals surface area contributed by atoms with E-state index in [1.54, 1.807) is 0 Å². The molecule has 0 N–H and O–H groups in total. The highest BCUT2D eigenvalue weighted by molar-refractivity contribution is 6.24. The van der Waals surface area contributed by atoms with Crippen LogP contribution in [-0.4, -0.2) is 39.0 Å². The Morgan fingerprint density at radius 2 is 0.425 bits per heavy atom. The summed E-state index contributed by atoms with van der Waals surface area (Å²) in [5.41, 5.74) is 27.2. The maximum atomic E-state index is 5.24. The van der Waals surface area contributed by atoms with E-state index in [2.05, 4.69) is 349 Å². The van der Waals surface area contributed by atoms with E-state index < -0.39 is 0 Å². The lowest BCUT2D eigenvalue weighted by atomic mass is 10.0. The molecule has 0 amide bonds. The summed E-state index contributed by atoms with van der Waals surface area (Å²) in [4.78, 5) is 30.9. The number of para-hydroxylation sites is 4. The second-order valence-electron chi connectivity index (χ2n) is 26.5. The lowest BCUT2D eigenvalue weighted by Gasteiger charge is -2.13. The van der Waals surface area contributed by atoms with Crippen molar-refractivity contribution in [2.75, 3.05) is 0 Å². The average Bonchev–Trinajstić information content (AvgIpc) is 1.57. The van der Waals surface area contributed by atoms with E-state index in [1.807, 2.05) is 48.5 Å². The summed E-state index contributed by atoms with van der Waals surface area (Å²) in [7, 11) is 0. The van der Waals surface area contributed by atoms with Crippen molar-refractivity contribution in [3.05, 3.63) is 388 Å². The quantitative estimate of drug-likeness (QED) is 0.121. The van der Waals surface area contributed by atoms with E-state index >= 15 is 0 Å². The Labute approximate surface area is 612 Å². The van der Waals surface area contributed by atoms with E-state index in [-0.39, 0.29) is 0 Å². The first-order chi connectivity index (χ1) is 52.6. The number of nitrogens with zero attached hydrogens (tertiary/aromatic N) is 8. The summed E-state index contributed by atoms with van der Waals surface area (Å²) >= 11 is 0. The summed E-state index contributed by atoms with van der Waals surface area (Å²) in [6.07, 6.45) is 0. The van der Waals surface area contributed by atoms with Crippen molar-refractivity contribution in [2.24, 2.45) is 0 Å². The number of rotatable bonds is 12. The fourth-order valence-electron chi connectivity index (χ4n) is 14.9. The van der Waals surface area contributed by atoms with Crippen LogP contribution in [0.1, 0.15) is 0 Å². The second-order valence-corrected chi connectivity index (χ2v) is 26.5. The highest BCUT2D eigenvalue weighted by Gasteiger charge is 2.24. The van der Waals surface area contributed by atoms with Crippen LogP contribution in [0.4, 0.5) is 0 Å². The first-order valence-corrected chi connectivity index (χ1v) is 35.7. The minimum absolute atomic E-state index is 0.684. The molecule has 0 unspecified atom stereocenters. The number of hydrogen-bond acceptors (Lipinski definition) is 6. The Morgan fingerprint density at radius 3 is 0.792 bits per heavy atom. The van der Waals surface area contributed by atoms with Crippen LogP contribution < -0.4 is 0 Å². The van der Waals surface area contributed by atoms with Crippen LogP contribution in [0, 0.1) is 0 Å². The van der Waals surface area contributed by atoms with Gasteiger partial charge in [0, 0.05) is 88.2 Å². The molecule has 8 heteroatoms. The van der Waals surface area contributed by atoms with Gasteiger partial charge in [-0.3, -0.25) is 0 Å². The molecule has 20 aromatic rings. The summed E-state index contributed by atoms with van der Waals surface area (Å²) in [5, 5.41) is 6.88. The van der Waals surface area contributed by atoms with Crippen LogP contribution in [0.5, 0.6) is 0 Å². The fourth-order valence-corrected chi connectivity index (χ4v) is 14.9. The molecule has 6 aromatic heterocycles. The maximum Gasteiger partial charge on any atom is 0.160 e. The Balaban J connectivity index is 0.000000145. The number of hydrogen-bond donors (Lipinski definition) is 0. The van der Waals surface area contributed by atoms with Crippen molar-refractivity contribution in [1.82, 2.24) is 39.0 Å². The van der Waals surface area contributed by atoms with Gasteiger partial charge in [-0.05, 0) is 95.1 Å². The SMILES string of the molecule is c1ccc(-c2ccc(-c3cc(-c4ccc(-n5c6ccccc6c6c(-c7ccccc7)nc7ccccc7c65)cc4)nc(-c4ccccc4)n3)cc2)cc1.c1ccc(-c2ccc(-c3cc(-c4ccccc4)nc(-c4ccc(-n5c6ccccc6c6c(-c7ccccc7)nc7ccccc7c65)cc4)n3)cc2)cc1. The molecule has 8 nitrogen and oxygen atoms in total.